The third-order valence-corrected chi connectivity index (χ3v) is 4.83. The van der Waals surface area contributed by atoms with Crippen molar-refractivity contribution in [1.82, 2.24) is 9.55 Å². The summed E-state index contributed by atoms with van der Waals surface area (Å²) < 4.78 is 1.18. The molecule has 0 spiro atoms. The van der Waals surface area contributed by atoms with Crippen LogP contribution in [0.25, 0.3) is 0 Å². The van der Waals surface area contributed by atoms with E-state index in [0.717, 1.165) is 22.4 Å². The Hall–Kier alpha value is -3.20. The third kappa shape index (κ3) is 5.24. The number of benzene rings is 1. The van der Waals surface area contributed by atoms with E-state index in [1.807, 2.05) is 39.8 Å². The Labute approximate surface area is 174 Å². The van der Waals surface area contributed by atoms with Gasteiger partial charge >= 0.3 is 5.69 Å². The molecule has 9 heteroatoms. The summed E-state index contributed by atoms with van der Waals surface area (Å²) in [6, 6.07) is 3.98. The van der Waals surface area contributed by atoms with Gasteiger partial charge < -0.3 is 16.0 Å². The van der Waals surface area contributed by atoms with E-state index in [1.165, 1.54) is 4.57 Å². The number of rotatable bonds is 8. The number of amides is 1. The molecule has 0 aliphatic rings. The van der Waals surface area contributed by atoms with Crippen molar-refractivity contribution in [3.05, 3.63) is 55.2 Å². The second-order valence-electron chi connectivity index (χ2n) is 7.73. The highest BCUT2D eigenvalue weighted by molar-refractivity contribution is 6.00. The monoisotopic (exact) mass is 416 g/mol. The first-order valence-electron chi connectivity index (χ1n) is 9.89. The number of hydrogen-bond acceptors (Lipinski definition) is 5. The molecule has 1 aromatic carbocycles. The molecule has 1 atom stereocenters. The summed E-state index contributed by atoms with van der Waals surface area (Å²) in [6.45, 7) is 7.91. The summed E-state index contributed by atoms with van der Waals surface area (Å²) in [5, 5.41) is 2.90. The Morgan fingerprint density at radius 3 is 2.30 bits per heavy atom. The van der Waals surface area contributed by atoms with Gasteiger partial charge in [0.25, 0.3) is 11.5 Å². The van der Waals surface area contributed by atoms with Crippen molar-refractivity contribution in [3.8, 4) is 0 Å². The lowest BCUT2D eigenvalue weighted by atomic mass is 10.1. The molecular weight excluding hydrogens is 386 g/mol. The Bertz CT molecular complexity index is 1060. The quantitative estimate of drug-likeness (QED) is 0.442. The van der Waals surface area contributed by atoms with Crippen LogP contribution < -0.4 is 27.2 Å². The molecule has 30 heavy (non-hydrogen) atoms. The number of likely N-dealkylation sites (N-methyl/N-ethyl adjacent to an activating group) is 1. The van der Waals surface area contributed by atoms with E-state index in [9.17, 15) is 19.2 Å². The fraction of sp³-hybridized carbons (Fsp3) is 0.429. The van der Waals surface area contributed by atoms with Crippen LogP contribution in [0.1, 0.15) is 40.4 Å². The van der Waals surface area contributed by atoms with Crippen molar-refractivity contribution in [3.63, 3.8) is 0 Å². The van der Waals surface area contributed by atoms with Gasteiger partial charge in [-0.3, -0.25) is 23.9 Å². The number of ketones is 1. The summed E-state index contributed by atoms with van der Waals surface area (Å²) in [5.41, 5.74) is 8.05. The molecule has 0 radical (unpaired) electrons. The van der Waals surface area contributed by atoms with Gasteiger partial charge in [-0.15, -0.1) is 0 Å². The van der Waals surface area contributed by atoms with Gasteiger partial charge in [-0.05, 0) is 38.3 Å². The van der Waals surface area contributed by atoms with Crippen LogP contribution in [0.4, 0.5) is 11.5 Å². The number of nitrogens with one attached hydrogen (secondary N) is 3. The summed E-state index contributed by atoms with van der Waals surface area (Å²) in [7, 11) is 1.68. The molecule has 0 bridgehead atoms. The van der Waals surface area contributed by atoms with Crippen molar-refractivity contribution in [2.75, 3.05) is 31.2 Å². The van der Waals surface area contributed by atoms with Crippen LogP contribution in [0, 0.1) is 20.8 Å². The molecule has 2 aromatic rings. The van der Waals surface area contributed by atoms with Gasteiger partial charge in [0.15, 0.2) is 6.54 Å². The predicted octanol–water partition coefficient (Wildman–Crippen LogP) is -0.210. The highest BCUT2D eigenvalue weighted by atomic mass is 16.2. The van der Waals surface area contributed by atoms with Crippen molar-refractivity contribution >= 4 is 23.2 Å². The number of nitrogens with two attached hydrogens (primary N) is 1. The van der Waals surface area contributed by atoms with Crippen molar-refractivity contribution in [2.45, 2.75) is 40.7 Å². The zero-order chi connectivity index (χ0) is 22.6. The van der Waals surface area contributed by atoms with Crippen LogP contribution in [0.2, 0.25) is 0 Å². The summed E-state index contributed by atoms with van der Waals surface area (Å²) in [4.78, 5) is 51.9. The Kier molecular flexibility index (Phi) is 7.33. The average Bonchev–Trinajstić information content (AvgIpc) is 2.61. The maximum atomic E-state index is 12.7. The molecule has 1 amide bonds. The van der Waals surface area contributed by atoms with E-state index >= 15 is 0 Å². The Morgan fingerprint density at radius 1 is 1.13 bits per heavy atom. The molecule has 2 rings (SSSR count). The van der Waals surface area contributed by atoms with Crippen molar-refractivity contribution < 1.29 is 14.5 Å². The predicted molar refractivity (Wildman–Crippen MR) is 116 cm³/mol. The lowest BCUT2D eigenvalue weighted by Gasteiger charge is -2.16. The first-order valence-corrected chi connectivity index (χ1v) is 9.89. The molecule has 0 aliphatic carbocycles. The molecule has 5 N–H and O–H groups in total. The molecule has 0 aliphatic heterocycles. The van der Waals surface area contributed by atoms with Gasteiger partial charge in [0.1, 0.15) is 17.9 Å². The number of carbonyl (C=O) groups excluding carboxylic acids is 2. The van der Waals surface area contributed by atoms with Crippen LogP contribution in [0.3, 0.4) is 0 Å². The second kappa shape index (κ2) is 9.53. The fourth-order valence-electron chi connectivity index (χ4n) is 3.56. The molecule has 0 saturated heterocycles. The first-order chi connectivity index (χ1) is 14.0. The van der Waals surface area contributed by atoms with Gasteiger partial charge in [-0.25, -0.2) is 4.79 Å². The normalized spacial score (nSPS) is 11.9. The number of nitrogen functional groups attached to an aromatic ring is 1. The van der Waals surface area contributed by atoms with Crippen molar-refractivity contribution in [1.29, 1.82) is 0 Å². The lowest BCUT2D eigenvalue weighted by Crippen LogP contribution is -3.11. The number of Topliss-reactive ketones (excluding diaryl/α,β-unsaturated/α-hetero) is 1. The van der Waals surface area contributed by atoms with Crippen LogP contribution in [0.15, 0.2) is 21.7 Å². The topological polar surface area (TPSA) is 131 Å². The van der Waals surface area contributed by atoms with Crippen LogP contribution in [-0.2, 0) is 11.3 Å². The maximum absolute atomic E-state index is 12.7. The largest absolute Gasteiger partial charge is 0.384 e. The van der Waals surface area contributed by atoms with E-state index < -0.39 is 17.0 Å². The molecule has 1 heterocycles. The fourth-order valence-corrected chi connectivity index (χ4v) is 3.56. The highest BCUT2D eigenvalue weighted by Gasteiger charge is 2.23. The van der Waals surface area contributed by atoms with E-state index in [2.05, 4.69) is 10.3 Å². The van der Waals surface area contributed by atoms with E-state index in [0.29, 0.717) is 17.9 Å². The zero-order valence-corrected chi connectivity index (χ0v) is 18.1. The van der Waals surface area contributed by atoms with Gasteiger partial charge in [-0.2, -0.15) is 0 Å². The van der Waals surface area contributed by atoms with E-state index in [1.54, 1.807) is 7.05 Å². The smallest absolute Gasteiger partial charge is 0.329 e. The average molecular weight is 417 g/mol. The van der Waals surface area contributed by atoms with Gasteiger partial charge in [0.05, 0.1) is 7.05 Å². The molecule has 162 valence electrons. The number of H-pyrrole nitrogens is 1. The summed E-state index contributed by atoms with van der Waals surface area (Å²) in [6.07, 6.45) is 0.618. The summed E-state index contributed by atoms with van der Waals surface area (Å²) >= 11 is 0. The summed E-state index contributed by atoms with van der Waals surface area (Å²) in [5.74, 6) is -0.904. The number of aryl methyl sites for hydroxylation is 3. The van der Waals surface area contributed by atoms with Crippen LogP contribution in [0.5, 0.6) is 0 Å². The highest BCUT2D eigenvalue weighted by Crippen LogP contribution is 2.21. The van der Waals surface area contributed by atoms with Crippen LogP contribution in [-0.4, -0.2) is 41.4 Å². The molecule has 1 unspecified atom stereocenters. The third-order valence-electron chi connectivity index (χ3n) is 4.83. The number of aromatic amines is 1. The lowest BCUT2D eigenvalue weighted by molar-refractivity contribution is -0.861. The molecule has 0 fully saturated rings. The van der Waals surface area contributed by atoms with Crippen molar-refractivity contribution in [2.24, 2.45) is 0 Å². The number of quaternary nitrogens is 1. The number of anilines is 2. The maximum Gasteiger partial charge on any atom is 0.329 e. The van der Waals surface area contributed by atoms with E-state index in [4.69, 9.17) is 5.73 Å². The van der Waals surface area contributed by atoms with E-state index in [-0.39, 0.29) is 30.4 Å². The number of aromatic nitrogens is 2. The second-order valence-corrected chi connectivity index (χ2v) is 7.73. The Balaban J connectivity index is 2.12. The SMILES string of the molecule is CCCn1c(N)c(C(=O)C[NH+](C)CC(=O)Nc2c(C)cc(C)cc2C)c(=O)[nH]c1=O. The molecule has 9 nitrogen and oxygen atoms in total. The molecule has 0 saturated carbocycles. The minimum absolute atomic E-state index is 0.0326. The first kappa shape index (κ1) is 23.1. The van der Waals surface area contributed by atoms with Gasteiger partial charge in [-0.1, -0.05) is 24.6 Å². The zero-order valence-electron chi connectivity index (χ0n) is 18.1. The minimum Gasteiger partial charge on any atom is -0.384 e. The Morgan fingerprint density at radius 2 is 1.73 bits per heavy atom. The van der Waals surface area contributed by atoms with Crippen LogP contribution >= 0.6 is 0 Å². The number of nitrogens with zero attached hydrogens (tertiary/aromatic N) is 1. The molecule has 1 aromatic heterocycles. The molecular formula is C21H30N5O4+. The van der Waals surface area contributed by atoms with Gasteiger partial charge in [0, 0.05) is 12.2 Å². The number of hydrogen-bond donors (Lipinski definition) is 4. The van der Waals surface area contributed by atoms with Gasteiger partial charge in [0.2, 0.25) is 5.78 Å². The number of carbonyl (C=O) groups is 2. The standard InChI is InChI=1S/C21H29N5O4/c1-6-7-26-19(22)17(20(29)24-21(26)30)15(27)10-25(5)11-16(28)23-18-13(3)8-12(2)9-14(18)4/h8-9H,6-7,10-11,22H2,1-5H3,(H,23,28)(H,24,29,30)/p+1. The minimum atomic E-state index is -0.807.